The van der Waals surface area contributed by atoms with Gasteiger partial charge in [0.05, 0.1) is 11.6 Å². The first-order chi connectivity index (χ1) is 7.85. The maximum absolute atomic E-state index is 5.51. The molecule has 0 radical (unpaired) electrons. The second-order valence-electron chi connectivity index (χ2n) is 3.61. The molecule has 1 aromatic heterocycles. The molecule has 0 saturated carbocycles. The molecule has 0 saturated heterocycles. The van der Waals surface area contributed by atoms with Crippen LogP contribution in [0.15, 0.2) is 36.5 Å². The molecule has 2 nitrogen and oxygen atoms in total. The Kier molecular flexibility index (Phi) is 3.19. The zero-order chi connectivity index (χ0) is 11.4. The molecule has 0 spiro atoms. The van der Waals surface area contributed by atoms with Gasteiger partial charge >= 0.3 is 0 Å². The lowest BCUT2D eigenvalue weighted by molar-refractivity contribution is 0.665. The highest BCUT2D eigenvalue weighted by molar-refractivity contribution is 5.79. The molecule has 1 heterocycles. The van der Waals surface area contributed by atoms with Gasteiger partial charge in [0.1, 0.15) is 0 Å². The summed E-state index contributed by atoms with van der Waals surface area (Å²) in [6.45, 7) is 2.91. The molecule has 0 aliphatic heterocycles. The summed E-state index contributed by atoms with van der Waals surface area (Å²) in [5.41, 5.74) is 2.11. The molecule has 0 aliphatic rings. The predicted molar refractivity (Wildman–Crippen MR) is 67.0 cm³/mol. The number of benzene rings is 1. The Labute approximate surface area is 95.7 Å². The van der Waals surface area contributed by atoms with Crippen LogP contribution in [0.3, 0.4) is 0 Å². The molecule has 80 valence electrons. The summed E-state index contributed by atoms with van der Waals surface area (Å²) >= 11 is 0. The van der Waals surface area contributed by atoms with E-state index in [1.165, 1.54) is 0 Å². The normalized spacial score (nSPS) is 12.2. The quantitative estimate of drug-likeness (QED) is 0.787. The fraction of sp³-hybridized carbons (Fsp3) is 0.214. The molecule has 1 aromatic carbocycles. The van der Waals surface area contributed by atoms with E-state index in [4.69, 9.17) is 6.42 Å². The maximum Gasteiger partial charge on any atom is 0.0943 e. The highest BCUT2D eigenvalue weighted by atomic mass is 14.9. The van der Waals surface area contributed by atoms with Crippen LogP contribution in [-0.2, 0) is 0 Å². The van der Waals surface area contributed by atoms with Crippen molar-refractivity contribution in [3.63, 3.8) is 0 Å². The van der Waals surface area contributed by atoms with Crippen molar-refractivity contribution < 1.29 is 0 Å². The summed E-state index contributed by atoms with van der Waals surface area (Å²) in [6, 6.07) is 10.1. The minimum Gasteiger partial charge on any atom is -0.300 e. The topological polar surface area (TPSA) is 24.9 Å². The Bertz CT molecular complexity index is 525. The van der Waals surface area contributed by atoms with E-state index in [9.17, 15) is 0 Å². The summed E-state index contributed by atoms with van der Waals surface area (Å²) in [7, 11) is 0. The fourth-order valence-corrected chi connectivity index (χ4v) is 1.75. The minimum atomic E-state index is -0.0189. The molecule has 2 aromatic rings. The number of hydrogen-bond acceptors (Lipinski definition) is 2. The smallest absolute Gasteiger partial charge is 0.0943 e. The van der Waals surface area contributed by atoms with Crippen molar-refractivity contribution in [2.45, 2.75) is 13.0 Å². The average Bonchev–Trinajstić information content (AvgIpc) is 2.35. The van der Waals surface area contributed by atoms with Crippen molar-refractivity contribution in [1.82, 2.24) is 10.3 Å². The zero-order valence-electron chi connectivity index (χ0n) is 9.27. The summed E-state index contributed by atoms with van der Waals surface area (Å²) in [4.78, 5) is 4.28. The van der Waals surface area contributed by atoms with Crippen LogP contribution in [0.1, 0.15) is 18.5 Å². The van der Waals surface area contributed by atoms with Gasteiger partial charge in [0.15, 0.2) is 0 Å². The molecule has 1 atom stereocenters. The van der Waals surface area contributed by atoms with E-state index >= 15 is 0 Å². The molecular formula is C14H14N2. The van der Waals surface area contributed by atoms with Gasteiger partial charge in [0.25, 0.3) is 0 Å². The monoisotopic (exact) mass is 210 g/mol. The first kappa shape index (κ1) is 10.7. The SMILES string of the molecule is C#CC(NCC)c1ccc2ncccc2c1. The zero-order valence-corrected chi connectivity index (χ0v) is 9.27. The summed E-state index contributed by atoms with van der Waals surface area (Å²) < 4.78 is 0. The van der Waals surface area contributed by atoms with Crippen LogP contribution in [0.2, 0.25) is 0 Å². The Balaban J connectivity index is 2.42. The Morgan fingerprint density at radius 1 is 1.44 bits per heavy atom. The van der Waals surface area contributed by atoms with Gasteiger partial charge in [-0.15, -0.1) is 6.42 Å². The number of terminal acetylenes is 1. The Morgan fingerprint density at radius 2 is 2.31 bits per heavy atom. The van der Waals surface area contributed by atoms with Crippen LogP contribution in [0.25, 0.3) is 10.9 Å². The van der Waals surface area contributed by atoms with Crippen LogP contribution in [0, 0.1) is 12.3 Å². The number of nitrogens with one attached hydrogen (secondary N) is 1. The van der Waals surface area contributed by atoms with Crippen LogP contribution >= 0.6 is 0 Å². The van der Waals surface area contributed by atoms with Gasteiger partial charge in [-0.3, -0.25) is 4.98 Å². The van der Waals surface area contributed by atoms with Gasteiger partial charge in [0.2, 0.25) is 0 Å². The number of rotatable bonds is 3. The molecular weight excluding hydrogens is 196 g/mol. The van der Waals surface area contributed by atoms with Gasteiger partial charge < -0.3 is 5.32 Å². The van der Waals surface area contributed by atoms with E-state index in [1.54, 1.807) is 6.20 Å². The van der Waals surface area contributed by atoms with Crippen LogP contribution in [0.4, 0.5) is 0 Å². The third-order valence-electron chi connectivity index (χ3n) is 2.54. The molecule has 0 aliphatic carbocycles. The highest BCUT2D eigenvalue weighted by Crippen LogP contribution is 2.18. The van der Waals surface area contributed by atoms with E-state index in [0.717, 1.165) is 23.0 Å². The Morgan fingerprint density at radius 3 is 3.06 bits per heavy atom. The van der Waals surface area contributed by atoms with E-state index in [-0.39, 0.29) is 6.04 Å². The first-order valence-electron chi connectivity index (χ1n) is 5.39. The lowest BCUT2D eigenvalue weighted by Gasteiger charge is -2.12. The van der Waals surface area contributed by atoms with Gasteiger partial charge in [-0.25, -0.2) is 0 Å². The summed E-state index contributed by atoms with van der Waals surface area (Å²) in [5.74, 6) is 2.75. The Hall–Kier alpha value is -1.85. The number of hydrogen-bond donors (Lipinski definition) is 1. The largest absolute Gasteiger partial charge is 0.300 e. The van der Waals surface area contributed by atoms with Gasteiger partial charge in [-0.05, 0) is 30.3 Å². The predicted octanol–water partition coefficient (Wildman–Crippen LogP) is 2.52. The molecule has 2 heteroatoms. The number of nitrogens with zero attached hydrogens (tertiary/aromatic N) is 1. The second kappa shape index (κ2) is 4.78. The van der Waals surface area contributed by atoms with Crippen molar-refractivity contribution in [1.29, 1.82) is 0 Å². The van der Waals surface area contributed by atoms with Crippen molar-refractivity contribution in [3.8, 4) is 12.3 Å². The van der Waals surface area contributed by atoms with E-state index in [0.29, 0.717) is 0 Å². The van der Waals surface area contributed by atoms with Crippen LogP contribution in [0.5, 0.6) is 0 Å². The molecule has 0 bridgehead atoms. The van der Waals surface area contributed by atoms with E-state index < -0.39 is 0 Å². The molecule has 16 heavy (non-hydrogen) atoms. The second-order valence-corrected chi connectivity index (χ2v) is 3.61. The third kappa shape index (κ3) is 2.05. The molecule has 0 amide bonds. The first-order valence-corrected chi connectivity index (χ1v) is 5.39. The van der Waals surface area contributed by atoms with E-state index in [2.05, 4.69) is 22.3 Å². The number of aromatic nitrogens is 1. The van der Waals surface area contributed by atoms with Gasteiger partial charge in [0, 0.05) is 11.6 Å². The molecule has 1 unspecified atom stereocenters. The summed E-state index contributed by atoms with van der Waals surface area (Å²) in [5, 5.41) is 4.38. The number of pyridine rings is 1. The minimum absolute atomic E-state index is 0.0189. The standard InChI is InChI=1S/C14H14N2/c1-3-13(15-4-2)12-7-8-14-11(10-12)6-5-9-16-14/h1,5-10,13,15H,4H2,2H3. The van der Waals surface area contributed by atoms with Crippen molar-refractivity contribution >= 4 is 10.9 Å². The van der Waals surface area contributed by atoms with Gasteiger partial charge in [-0.1, -0.05) is 25.0 Å². The lowest BCUT2D eigenvalue weighted by atomic mass is 10.0. The molecule has 0 fully saturated rings. The van der Waals surface area contributed by atoms with Crippen molar-refractivity contribution in [3.05, 3.63) is 42.1 Å². The highest BCUT2D eigenvalue weighted by Gasteiger charge is 2.06. The maximum atomic E-state index is 5.51. The molecule has 2 rings (SSSR count). The molecule has 1 N–H and O–H groups in total. The summed E-state index contributed by atoms with van der Waals surface area (Å²) in [6.07, 6.45) is 7.30. The average molecular weight is 210 g/mol. The lowest BCUT2D eigenvalue weighted by Crippen LogP contribution is -2.19. The van der Waals surface area contributed by atoms with Crippen molar-refractivity contribution in [2.24, 2.45) is 0 Å². The van der Waals surface area contributed by atoms with Crippen LogP contribution < -0.4 is 5.32 Å². The van der Waals surface area contributed by atoms with Crippen molar-refractivity contribution in [2.75, 3.05) is 6.54 Å². The third-order valence-corrected chi connectivity index (χ3v) is 2.54. The fourth-order valence-electron chi connectivity index (χ4n) is 1.75. The van der Waals surface area contributed by atoms with Crippen LogP contribution in [-0.4, -0.2) is 11.5 Å². The van der Waals surface area contributed by atoms with E-state index in [1.807, 2.05) is 31.2 Å². The van der Waals surface area contributed by atoms with Gasteiger partial charge in [-0.2, -0.15) is 0 Å². The number of fused-ring (bicyclic) bond motifs is 1.